The van der Waals surface area contributed by atoms with Crippen LogP contribution in [0.4, 0.5) is 0 Å². The summed E-state index contributed by atoms with van der Waals surface area (Å²) in [5.41, 5.74) is 0.489. The van der Waals surface area contributed by atoms with Crippen molar-refractivity contribution < 1.29 is 19.4 Å². The van der Waals surface area contributed by atoms with Crippen LogP contribution in [-0.4, -0.2) is 17.0 Å². The van der Waals surface area contributed by atoms with E-state index in [0.717, 1.165) is 32.1 Å². The standard InChI is InChI=1S/C26H40O4/c1-2-3-4-5-6-7-8-9-10-11-12-13-14-15-19-22-24(27)30-25(26(28)29)23-20-17-16-18-21-23/h9-10,16-18,20-21,25H,2-8,11-15,19,22H2,1H3,(H,28,29)/b10-9+/t25-/m0/s1. The molecule has 0 aromatic heterocycles. The zero-order chi connectivity index (χ0) is 21.9. The lowest BCUT2D eigenvalue weighted by Gasteiger charge is -2.14. The molecule has 0 aliphatic rings. The topological polar surface area (TPSA) is 63.6 Å². The summed E-state index contributed by atoms with van der Waals surface area (Å²) < 4.78 is 5.17. The summed E-state index contributed by atoms with van der Waals surface area (Å²) in [6.45, 7) is 2.25. The number of esters is 1. The van der Waals surface area contributed by atoms with E-state index in [4.69, 9.17) is 4.74 Å². The molecule has 0 aliphatic carbocycles. The Bertz CT molecular complexity index is 594. The lowest BCUT2D eigenvalue weighted by atomic mass is 10.1. The summed E-state index contributed by atoms with van der Waals surface area (Å²) in [7, 11) is 0. The lowest BCUT2D eigenvalue weighted by molar-refractivity contribution is -0.164. The van der Waals surface area contributed by atoms with Gasteiger partial charge in [-0.05, 0) is 32.1 Å². The van der Waals surface area contributed by atoms with E-state index in [9.17, 15) is 14.7 Å². The maximum Gasteiger partial charge on any atom is 0.349 e. The molecule has 0 bridgehead atoms. The third-order valence-corrected chi connectivity index (χ3v) is 5.22. The van der Waals surface area contributed by atoms with E-state index in [0.29, 0.717) is 5.56 Å². The van der Waals surface area contributed by atoms with Crippen LogP contribution in [-0.2, 0) is 14.3 Å². The predicted octanol–water partition coefficient (Wildman–Crippen LogP) is 7.39. The number of aliphatic carboxylic acids is 1. The first-order valence-electron chi connectivity index (χ1n) is 11.8. The Morgan fingerprint density at radius 3 is 1.93 bits per heavy atom. The minimum absolute atomic E-state index is 0.273. The Hall–Kier alpha value is -2.10. The van der Waals surface area contributed by atoms with Crippen molar-refractivity contribution in [3.05, 3.63) is 48.0 Å². The van der Waals surface area contributed by atoms with Gasteiger partial charge >= 0.3 is 11.9 Å². The molecule has 0 saturated heterocycles. The fourth-order valence-corrected chi connectivity index (χ4v) is 3.42. The van der Waals surface area contributed by atoms with Gasteiger partial charge in [0.15, 0.2) is 0 Å². The van der Waals surface area contributed by atoms with Crippen molar-refractivity contribution in [2.24, 2.45) is 0 Å². The van der Waals surface area contributed by atoms with Crippen molar-refractivity contribution in [3.63, 3.8) is 0 Å². The molecule has 0 aliphatic heterocycles. The number of hydrogen-bond acceptors (Lipinski definition) is 3. The van der Waals surface area contributed by atoms with Gasteiger partial charge in [0.1, 0.15) is 0 Å². The molecular formula is C26H40O4. The number of ether oxygens (including phenoxy) is 1. The van der Waals surface area contributed by atoms with Crippen LogP contribution in [0.1, 0.15) is 108 Å². The van der Waals surface area contributed by atoms with Gasteiger partial charge in [0.25, 0.3) is 0 Å². The van der Waals surface area contributed by atoms with Crippen LogP contribution in [0.5, 0.6) is 0 Å². The number of carboxylic acids is 1. The van der Waals surface area contributed by atoms with Crippen molar-refractivity contribution in [1.82, 2.24) is 0 Å². The van der Waals surface area contributed by atoms with Gasteiger partial charge in [-0.2, -0.15) is 0 Å². The highest BCUT2D eigenvalue weighted by Gasteiger charge is 2.23. The highest BCUT2D eigenvalue weighted by Crippen LogP contribution is 2.19. The van der Waals surface area contributed by atoms with E-state index in [1.165, 1.54) is 51.4 Å². The van der Waals surface area contributed by atoms with Gasteiger partial charge in [-0.1, -0.05) is 101 Å². The normalized spacial score (nSPS) is 12.2. The van der Waals surface area contributed by atoms with Gasteiger partial charge in [0.2, 0.25) is 6.10 Å². The molecule has 168 valence electrons. The van der Waals surface area contributed by atoms with Crippen LogP contribution in [0.25, 0.3) is 0 Å². The van der Waals surface area contributed by atoms with Crippen LogP contribution in [0.15, 0.2) is 42.5 Å². The Morgan fingerprint density at radius 2 is 1.37 bits per heavy atom. The molecule has 0 heterocycles. The molecule has 0 spiro atoms. The fourth-order valence-electron chi connectivity index (χ4n) is 3.42. The minimum Gasteiger partial charge on any atom is -0.478 e. The van der Waals surface area contributed by atoms with Crippen molar-refractivity contribution in [2.75, 3.05) is 0 Å². The smallest absolute Gasteiger partial charge is 0.349 e. The van der Waals surface area contributed by atoms with Crippen LogP contribution in [0, 0.1) is 0 Å². The lowest BCUT2D eigenvalue weighted by Crippen LogP contribution is -2.19. The zero-order valence-corrected chi connectivity index (χ0v) is 18.7. The number of carboxylic acid groups (broad SMARTS) is 1. The largest absolute Gasteiger partial charge is 0.478 e. The van der Waals surface area contributed by atoms with Gasteiger partial charge in [-0.25, -0.2) is 4.79 Å². The monoisotopic (exact) mass is 416 g/mol. The molecule has 1 aromatic carbocycles. The average molecular weight is 417 g/mol. The first kappa shape index (κ1) is 25.9. The molecule has 0 amide bonds. The van der Waals surface area contributed by atoms with Gasteiger partial charge in [0.05, 0.1) is 0 Å². The van der Waals surface area contributed by atoms with E-state index in [1.54, 1.807) is 30.3 Å². The molecular weight excluding hydrogens is 376 g/mol. The second-order valence-electron chi connectivity index (χ2n) is 7.95. The van der Waals surface area contributed by atoms with Gasteiger partial charge in [-0.3, -0.25) is 4.79 Å². The van der Waals surface area contributed by atoms with Crippen molar-refractivity contribution in [3.8, 4) is 0 Å². The molecule has 1 N–H and O–H groups in total. The van der Waals surface area contributed by atoms with Gasteiger partial charge in [0, 0.05) is 12.0 Å². The molecule has 0 saturated carbocycles. The van der Waals surface area contributed by atoms with Crippen molar-refractivity contribution >= 4 is 11.9 Å². The third-order valence-electron chi connectivity index (χ3n) is 5.22. The number of allylic oxidation sites excluding steroid dienone is 2. The number of rotatable bonds is 18. The first-order valence-corrected chi connectivity index (χ1v) is 11.8. The molecule has 4 nitrogen and oxygen atoms in total. The summed E-state index contributed by atoms with van der Waals surface area (Å²) in [5.74, 6) is -1.58. The molecule has 1 aromatic rings. The summed E-state index contributed by atoms with van der Waals surface area (Å²) in [4.78, 5) is 23.3. The Kier molecular flexibility index (Phi) is 15.3. The maximum absolute atomic E-state index is 12.0. The highest BCUT2D eigenvalue weighted by atomic mass is 16.6. The highest BCUT2D eigenvalue weighted by molar-refractivity contribution is 5.79. The van der Waals surface area contributed by atoms with E-state index in [1.807, 2.05) is 0 Å². The third kappa shape index (κ3) is 13.2. The minimum atomic E-state index is -1.22. The number of carbonyl (C=O) groups is 2. The summed E-state index contributed by atoms with van der Waals surface area (Å²) in [5, 5.41) is 9.30. The van der Waals surface area contributed by atoms with E-state index in [-0.39, 0.29) is 6.42 Å². The van der Waals surface area contributed by atoms with E-state index < -0.39 is 18.0 Å². The van der Waals surface area contributed by atoms with Gasteiger partial charge < -0.3 is 9.84 Å². The Morgan fingerprint density at radius 1 is 0.833 bits per heavy atom. The quantitative estimate of drug-likeness (QED) is 0.154. The van der Waals surface area contributed by atoms with Gasteiger partial charge in [-0.15, -0.1) is 0 Å². The molecule has 0 unspecified atom stereocenters. The molecule has 0 fully saturated rings. The molecule has 0 radical (unpaired) electrons. The number of benzene rings is 1. The summed E-state index contributed by atoms with van der Waals surface area (Å²) in [6.07, 6.45) is 19.3. The summed E-state index contributed by atoms with van der Waals surface area (Å²) >= 11 is 0. The molecule has 30 heavy (non-hydrogen) atoms. The number of carbonyl (C=O) groups excluding carboxylic acids is 1. The Labute approximate surface area is 182 Å². The predicted molar refractivity (Wildman–Crippen MR) is 122 cm³/mol. The van der Waals surface area contributed by atoms with E-state index in [2.05, 4.69) is 19.1 Å². The van der Waals surface area contributed by atoms with Crippen LogP contribution < -0.4 is 0 Å². The van der Waals surface area contributed by atoms with Crippen LogP contribution in [0.3, 0.4) is 0 Å². The average Bonchev–Trinajstić information content (AvgIpc) is 2.75. The second-order valence-corrected chi connectivity index (χ2v) is 7.95. The van der Waals surface area contributed by atoms with E-state index >= 15 is 0 Å². The number of hydrogen-bond donors (Lipinski definition) is 1. The van der Waals surface area contributed by atoms with Crippen LogP contribution in [0.2, 0.25) is 0 Å². The fraction of sp³-hybridized carbons (Fsp3) is 0.615. The van der Waals surface area contributed by atoms with Crippen molar-refractivity contribution in [2.45, 2.75) is 103 Å². The number of unbranched alkanes of at least 4 members (excludes halogenated alkanes) is 11. The molecule has 1 rings (SSSR count). The zero-order valence-electron chi connectivity index (χ0n) is 18.7. The molecule has 1 atom stereocenters. The molecule has 4 heteroatoms. The second kappa shape index (κ2) is 17.7. The summed E-state index contributed by atoms with van der Waals surface area (Å²) in [6, 6.07) is 8.60. The van der Waals surface area contributed by atoms with Crippen molar-refractivity contribution in [1.29, 1.82) is 0 Å². The SMILES string of the molecule is CCCCCCCC/C=C/CCCCCCCC(=O)O[C@H](C(=O)O)c1ccccc1. The first-order chi connectivity index (χ1) is 14.6. The Balaban J connectivity index is 2.00. The van der Waals surface area contributed by atoms with Crippen LogP contribution >= 0.6 is 0 Å². The maximum atomic E-state index is 12.0.